The number of carbonyl (C=O) groups is 1. The van der Waals surface area contributed by atoms with E-state index < -0.39 is 0 Å². The number of aromatic nitrogens is 1. The molecule has 0 bridgehead atoms. The minimum Gasteiger partial charge on any atom is -0.441 e. The molecule has 0 fully saturated rings. The van der Waals surface area contributed by atoms with Gasteiger partial charge in [-0.15, -0.1) is 0 Å². The monoisotopic (exact) mass is 372 g/mol. The van der Waals surface area contributed by atoms with Gasteiger partial charge in [0, 0.05) is 12.1 Å². The summed E-state index contributed by atoms with van der Waals surface area (Å²) in [5.41, 5.74) is 2.86. The Hall–Kier alpha value is -2.14. The lowest BCUT2D eigenvalue weighted by Gasteiger charge is -2.05. The number of unbranched alkanes of at least 4 members (excludes halogenated alkanes) is 5. The van der Waals surface area contributed by atoms with Crippen molar-refractivity contribution in [2.75, 3.05) is 13.2 Å². The molecule has 1 N–H and O–H groups in total. The van der Waals surface area contributed by atoms with Gasteiger partial charge in [0.15, 0.2) is 0 Å². The highest BCUT2D eigenvalue weighted by Crippen LogP contribution is 2.22. The van der Waals surface area contributed by atoms with Crippen LogP contribution in [-0.2, 0) is 16.1 Å². The van der Waals surface area contributed by atoms with Gasteiger partial charge in [0.05, 0.1) is 6.61 Å². The normalized spacial score (nSPS) is 10.9. The fraction of sp³-hybridized carbons (Fsp3) is 0.545. The number of hydrogen-bond acceptors (Lipinski definition) is 4. The minimum absolute atomic E-state index is 0.0437. The molecule has 2 aromatic rings. The van der Waals surface area contributed by atoms with E-state index in [1.54, 1.807) is 0 Å². The number of rotatable bonds is 12. The Balaban J connectivity index is 1.66. The summed E-state index contributed by atoms with van der Waals surface area (Å²) in [6.45, 7) is 7.15. The van der Waals surface area contributed by atoms with Gasteiger partial charge in [0.25, 0.3) is 0 Å². The first kappa shape index (κ1) is 21.2. The van der Waals surface area contributed by atoms with E-state index in [9.17, 15) is 4.79 Å². The number of hydrogen-bond donors (Lipinski definition) is 1. The van der Waals surface area contributed by atoms with Crippen LogP contribution in [0.25, 0.3) is 11.5 Å². The third kappa shape index (κ3) is 7.55. The second-order valence-corrected chi connectivity index (χ2v) is 7.00. The molecule has 1 aromatic heterocycles. The first-order valence-corrected chi connectivity index (χ1v) is 9.98. The lowest BCUT2D eigenvalue weighted by molar-refractivity contribution is -0.126. The molecule has 0 aliphatic carbocycles. The summed E-state index contributed by atoms with van der Waals surface area (Å²) < 4.78 is 11.2. The fourth-order valence-electron chi connectivity index (χ4n) is 2.81. The fourth-order valence-corrected chi connectivity index (χ4v) is 2.81. The van der Waals surface area contributed by atoms with Crippen molar-refractivity contribution >= 4 is 5.91 Å². The van der Waals surface area contributed by atoms with Crippen LogP contribution in [0.2, 0.25) is 0 Å². The number of nitrogens with one attached hydrogen (secondary N) is 1. The van der Waals surface area contributed by atoms with Crippen LogP contribution < -0.4 is 5.32 Å². The lowest BCUT2D eigenvalue weighted by Crippen LogP contribution is -2.28. The molecule has 0 atom stereocenters. The molecule has 27 heavy (non-hydrogen) atoms. The average Bonchev–Trinajstić information content (AvgIpc) is 3.02. The van der Waals surface area contributed by atoms with Crippen LogP contribution in [0.4, 0.5) is 0 Å². The summed E-state index contributed by atoms with van der Waals surface area (Å²) in [5.74, 6) is 1.22. The third-order valence-corrected chi connectivity index (χ3v) is 4.52. The number of aryl methyl sites for hydroxylation is 2. The Bertz CT molecular complexity index is 692. The lowest BCUT2D eigenvalue weighted by atomic mass is 10.1. The summed E-state index contributed by atoms with van der Waals surface area (Å²) in [6.07, 6.45) is 7.28. The highest BCUT2D eigenvalue weighted by Gasteiger charge is 2.12. The Kier molecular flexibility index (Phi) is 9.05. The highest BCUT2D eigenvalue weighted by molar-refractivity contribution is 5.77. The largest absolute Gasteiger partial charge is 0.441 e. The number of ether oxygens (including phenoxy) is 1. The second-order valence-electron chi connectivity index (χ2n) is 7.00. The van der Waals surface area contributed by atoms with Crippen LogP contribution in [0.5, 0.6) is 0 Å². The zero-order valence-electron chi connectivity index (χ0n) is 16.8. The molecular formula is C22H32N2O3. The molecule has 0 aliphatic rings. The Morgan fingerprint density at radius 2 is 1.78 bits per heavy atom. The Labute approximate surface area is 162 Å². The predicted octanol–water partition coefficient (Wildman–Crippen LogP) is 4.95. The molecular weight excluding hydrogens is 340 g/mol. The van der Waals surface area contributed by atoms with E-state index in [2.05, 4.69) is 17.2 Å². The molecule has 148 valence electrons. The van der Waals surface area contributed by atoms with Gasteiger partial charge in [-0.2, -0.15) is 0 Å². The molecule has 2 rings (SSSR count). The molecule has 5 heteroatoms. The van der Waals surface area contributed by atoms with Gasteiger partial charge in [-0.25, -0.2) is 4.98 Å². The van der Waals surface area contributed by atoms with E-state index in [1.165, 1.54) is 37.7 Å². The Morgan fingerprint density at radius 1 is 1.07 bits per heavy atom. The van der Waals surface area contributed by atoms with Crippen LogP contribution in [-0.4, -0.2) is 24.0 Å². The topological polar surface area (TPSA) is 64.4 Å². The SMILES string of the molecule is CCCCCCCCNC(=O)COCc1nc(-c2ccc(C)cc2)oc1C. The van der Waals surface area contributed by atoms with E-state index in [4.69, 9.17) is 9.15 Å². The van der Waals surface area contributed by atoms with Gasteiger partial charge >= 0.3 is 0 Å². The summed E-state index contributed by atoms with van der Waals surface area (Å²) >= 11 is 0. The molecule has 0 saturated heterocycles. The molecule has 0 radical (unpaired) electrons. The van der Waals surface area contributed by atoms with E-state index in [1.807, 2.05) is 38.1 Å². The zero-order valence-corrected chi connectivity index (χ0v) is 16.8. The summed E-state index contributed by atoms with van der Waals surface area (Å²) in [7, 11) is 0. The standard InChI is InChI=1S/C22H32N2O3/c1-4-5-6-7-8-9-14-23-21(25)16-26-15-20-18(3)27-22(24-20)19-12-10-17(2)11-13-19/h10-13H,4-9,14-16H2,1-3H3,(H,23,25). The molecule has 0 aliphatic heterocycles. The average molecular weight is 373 g/mol. The number of carbonyl (C=O) groups excluding carboxylic acids is 1. The third-order valence-electron chi connectivity index (χ3n) is 4.52. The number of benzene rings is 1. The van der Waals surface area contributed by atoms with Gasteiger partial charge in [-0.05, 0) is 32.4 Å². The van der Waals surface area contributed by atoms with E-state index >= 15 is 0 Å². The maximum absolute atomic E-state index is 11.8. The number of nitrogens with zero attached hydrogens (tertiary/aromatic N) is 1. The molecule has 0 unspecified atom stereocenters. The van der Waals surface area contributed by atoms with Crippen LogP contribution in [0, 0.1) is 13.8 Å². The van der Waals surface area contributed by atoms with Gasteiger partial charge in [0.1, 0.15) is 18.1 Å². The number of amides is 1. The maximum atomic E-state index is 11.8. The van der Waals surface area contributed by atoms with Gasteiger partial charge in [0.2, 0.25) is 11.8 Å². The predicted molar refractivity (Wildman–Crippen MR) is 107 cm³/mol. The molecule has 5 nitrogen and oxygen atoms in total. The van der Waals surface area contributed by atoms with Crippen molar-refractivity contribution in [2.24, 2.45) is 0 Å². The van der Waals surface area contributed by atoms with Crippen molar-refractivity contribution in [1.82, 2.24) is 10.3 Å². The minimum atomic E-state index is -0.0801. The van der Waals surface area contributed by atoms with E-state index in [0.29, 0.717) is 5.89 Å². The summed E-state index contributed by atoms with van der Waals surface area (Å²) in [4.78, 5) is 16.3. The van der Waals surface area contributed by atoms with Crippen molar-refractivity contribution in [3.05, 3.63) is 41.3 Å². The molecule has 1 amide bonds. The van der Waals surface area contributed by atoms with Crippen molar-refractivity contribution in [3.63, 3.8) is 0 Å². The van der Waals surface area contributed by atoms with Crippen molar-refractivity contribution in [2.45, 2.75) is 65.9 Å². The second kappa shape index (κ2) is 11.5. The quantitative estimate of drug-likeness (QED) is 0.535. The van der Waals surface area contributed by atoms with Crippen molar-refractivity contribution in [1.29, 1.82) is 0 Å². The van der Waals surface area contributed by atoms with E-state index in [0.717, 1.165) is 30.0 Å². The van der Waals surface area contributed by atoms with E-state index in [-0.39, 0.29) is 19.1 Å². The summed E-state index contributed by atoms with van der Waals surface area (Å²) in [6, 6.07) is 8.03. The van der Waals surface area contributed by atoms with Gasteiger partial charge < -0.3 is 14.5 Å². The maximum Gasteiger partial charge on any atom is 0.246 e. The summed E-state index contributed by atoms with van der Waals surface area (Å²) in [5, 5.41) is 2.90. The molecule has 1 heterocycles. The van der Waals surface area contributed by atoms with Gasteiger partial charge in [-0.1, -0.05) is 56.7 Å². The van der Waals surface area contributed by atoms with Crippen LogP contribution in [0.15, 0.2) is 28.7 Å². The number of oxazole rings is 1. The molecule has 1 aromatic carbocycles. The Morgan fingerprint density at radius 3 is 2.52 bits per heavy atom. The first-order chi connectivity index (χ1) is 13.1. The van der Waals surface area contributed by atoms with Gasteiger partial charge in [-0.3, -0.25) is 4.79 Å². The first-order valence-electron chi connectivity index (χ1n) is 9.98. The molecule has 0 spiro atoms. The zero-order chi connectivity index (χ0) is 19.5. The highest BCUT2D eigenvalue weighted by atomic mass is 16.5. The smallest absolute Gasteiger partial charge is 0.246 e. The van der Waals surface area contributed by atoms with Crippen LogP contribution >= 0.6 is 0 Å². The molecule has 0 saturated carbocycles. The van der Waals surface area contributed by atoms with Crippen LogP contribution in [0.1, 0.15) is 62.5 Å². The van der Waals surface area contributed by atoms with Crippen LogP contribution in [0.3, 0.4) is 0 Å². The van der Waals surface area contributed by atoms with Crippen molar-refractivity contribution < 1.29 is 13.9 Å². The van der Waals surface area contributed by atoms with Crippen molar-refractivity contribution in [3.8, 4) is 11.5 Å².